The molecule has 0 aliphatic rings. The highest BCUT2D eigenvalue weighted by molar-refractivity contribution is 6.38. The van der Waals surface area contributed by atoms with Gasteiger partial charge < -0.3 is 4.57 Å². The van der Waals surface area contributed by atoms with Gasteiger partial charge in [-0.3, -0.25) is 4.79 Å². The lowest BCUT2D eigenvalue weighted by molar-refractivity contribution is 0.101. The number of ketones is 1. The summed E-state index contributed by atoms with van der Waals surface area (Å²) in [6, 6.07) is 10.7. The lowest BCUT2D eigenvalue weighted by Gasteiger charge is -2.11. The zero-order chi connectivity index (χ0) is 19.0. The van der Waals surface area contributed by atoms with E-state index in [2.05, 4.69) is 4.98 Å². The van der Waals surface area contributed by atoms with Gasteiger partial charge in [-0.1, -0.05) is 23.2 Å². The third-order valence-corrected chi connectivity index (χ3v) is 5.07. The summed E-state index contributed by atoms with van der Waals surface area (Å²) in [5.74, 6) is -0.139. The van der Waals surface area contributed by atoms with E-state index in [0.29, 0.717) is 33.0 Å². The molecule has 1 aromatic carbocycles. The summed E-state index contributed by atoms with van der Waals surface area (Å²) < 4.78 is 1.87. The van der Waals surface area contributed by atoms with Crippen LogP contribution < -0.4 is 0 Å². The molecule has 128 valence electrons. The van der Waals surface area contributed by atoms with Crippen molar-refractivity contribution in [3.63, 3.8) is 0 Å². The number of Topliss-reactive ketones (excluding diaryl/α,β-unsaturated/α-hetero) is 1. The molecule has 0 bridgehead atoms. The van der Waals surface area contributed by atoms with Crippen molar-refractivity contribution in [2.45, 2.75) is 13.3 Å². The van der Waals surface area contributed by atoms with E-state index >= 15 is 0 Å². The Kier molecular flexibility index (Phi) is 4.70. The molecule has 0 atom stereocenters. The van der Waals surface area contributed by atoms with E-state index in [1.807, 2.05) is 29.8 Å². The third kappa shape index (κ3) is 2.93. The first-order valence-corrected chi connectivity index (χ1v) is 8.40. The zero-order valence-electron chi connectivity index (χ0n) is 14.0. The Morgan fingerprint density at radius 2 is 1.96 bits per heavy atom. The lowest BCUT2D eigenvalue weighted by atomic mass is 10.0. The van der Waals surface area contributed by atoms with E-state index in [1.165, 1.54) is 6.92 Å². The van der Waals surface area contributed by atoms with Gasteiger partial charge in [-0.2, -0.15) is 10.5 Å². The molecule has 0 saturated heterocycles. The number of carbonyl (C=O) groups is 1. The van der Waals surface area contributed by atoms with Crippen molar-refractivity contribution >= 4 is 39.9 Å². The van der Waals surface area contributed by atoms with Crippen molar-refractivity contribution in [1.82, 2.24) is 9.55 Å². The van der Waals surface area contributed by atoms with Crippen LogP contribution in [0.2, 0.25) is 10.0 Å². The van der Waals surface area contributed by atoms with Crippen LogP contribution >= 0.6 is 23.2 Å². The Morgan fingerprint density at radius 1 is 1.23 bits per heavy atom. The first-order chi connectivity index (χ1) is 12.4. The molecule has 0 fully saturated rings. The highest BCUT2D eigenvalue weighted by Crippen LogP contribution is 2.32. The molecular weight excluding hydrogens is 371 g/mol. The number of hydrogen-bond acceptors (Lipinski definition) is 4. The fourth-order valence-electron chi connectivity index (χ4n) is 2.90. The number of aromatic nitrogens is 2. The van der Waals surface area contributed by atoms with Crippen LogP contribution in [0.4, 0.5) is 0 Å². The average Bonchev–Trinajstić information content (AvgIpc) is 2.93. The third-order valence-electron chi connectivity index (χ3n) is 4.28. The van der Waals surface area contributed by atoms with Crippen molar-refractivity contribution in [2.75, 3.05) is 0 Å². The minimum atomic E-state index is -0.139. The number of aryl methyl sites for hydroxylation is 1. The summed E-state index contributed by atoms with van der Waals surface area (Å²) >= 11 is 12.7. The quantitative estimate of drug-likeness (QED) is 0.627. The van der Waals surface area contributed by atoms with Gasteiger partial charge in [-0.25, -0.2) is 4.98 Å². The number of rotatable bonds is 3. The van der Waals surface area contributed by atoms with E-state index in [0.717, 1.165) is 11.2 Å². The highest BCUT2D eigenvalue weighted by Gasteiger charge is 2.18. The fourth-order valence-corrected chi connectivity index (χ4v) is 3.54. The van der Waals surface area contributed by atoms with Crippen LogP contribution in [0.25, 0.3) is 10.9 Å². The summed E-state index contributed by atoms with van der Waals surface area (Å²) in [6.07, 6.45) is 0.372. The van der Waals surface area contributed by atoms with Crippen LogP contribution in [-0.4, -0.2) is 15.3 Å². The topological polar surface area (TPSA) is 82.5 Å². The van der Waals surface area contributed by atoms with E-state index in [9.17, 15) is 10.1 Å². The van der Waals surface area contributed by atoms with Crippen molar-refractivity contribution < 1.29 is 4.79 Å². The van der Waals surface area contributed by atoms with Crippen molar-refractivity contribution in [2.24, 2.45) is 7.05 Å². The summed E-state index contributed by atoms with van der Waals surface area (Å²) in [4.78, 5) is 15.8. The van der Waals surface area contributed by atoms with E-state index in [4.69, 9.17) is 28.5 Å². The number of benzene rings is 1. The molecule has 0 aliphatic carbocycles. The standard InChI is InChI=1S/C19H12Cl2N4O/c1-10(26)13-3-4-16(20)14(19(13)21)6-12-7-15-17(9-23)24-11(8-22)5-18(15)25(12)2/h3-5,7H,6H2,1-2H3. The Morgan fingerprint density at radius 3 is 2.58 bits per heavy atom. The van der Waals surface area contributed by atoms with Gasteiger partial charge in [0.15, 0.2) is 11.5 Å². The van der Waals surface area contributed by atoms with Crippen LogP contribution in [0.15, 0.2) is 24.3 Å². The monoisotopic (exact) mass is 382 g/mol. The maximum absolute atomic E-state index is 11.7. The number of nitrogens with zero attached hydrogens (tertiary/aromatic N) is 4. The average molecular weight is 383 g/mol. The molecule has 0 amide bonds. The largest absolute Gasteiger partial charge is 0.347 e. The molecule has 2 aromatic heterocycles. The lowest BCUT2D eigenvalue weighted by Crippen LogP contribution is -2.02. The van der Waals surface area contributed by atoms with E-state index in [1.54, 1.807) is 18.2 Å². The van der Waals surface area contributed by atoms with Crippen LogP contribution in [0, 0.1) is 22.7 Å². The molecule has 5 nitrogen and oxygen atoms in total. The van der Waals surface area contributed by atoms with Crippen LogP contribution in [-0.2, 0) is 13.5 Å². The van der Waals surface area contributed by atoms with Crippen molar-refractivity contribution in [3.05, 3.63) is 62.5 Å². The fraction of sp³-hybridized carbons (Fsp3) is 0.158. The predicted molar refractivity (Wildman–Crippen MR) is 99.4 cm³/mol. The summed E-state index contributed by atoms with van der Waals surface area (Å²) in [5, 5.41) is 19.9. The minimum Gasteiger partial charge on any atom is -0.347 e. The van der Waals surface area contributed by atoms with Crippen molar-refractivity contribution in [3.8, 4) is 12.1 Å². The summed E-state index contributed by atoms with van der Waals surface area (Å²) in [7, 11) is 1.83. The number of halogens is 2. The molecule has 0 N–H and O–H groups in total. The van der Waals surface area contributed by atoms with E-state index < -0.39 is 0 Å². The maximum Gasteiger partial charge on any atom is 0.161 e. The molecule has 3 rings (SSSR count). The van der Waals surface area contributed by atoms with Gasteiger partial charge in [0.25, 0.3) is 0 Å². The molecule has 0 radical (unpaired) electrons. The Balaban J connectivity index is 2.19. The maximum atomic E-state index is 11.7. The molecule has 0 aliphatic heterocycles. The second-order valence-corrected chi connectivity index (χ2v) is 6.61. The molecule has 0 spiro atoms. The van der Waals surface area contributed by atoms with Gasteiger partial charge in [0.2, 0.25) is 0 Å². The van der Waals surface area contributed by atoms with Gasteiger partial charge >= 0.3 is 0 Å². The van der Waals surface area contributed by atoms with Gasteiger partial charge in [0.1, 0.15) is 17.8 Å². The number of pyridine rings is 1. The summed E-state index contributed by atoms with van der Waals surface area (Å²) in [6.45, 7) is 1.45. The molecule has 26 heavy (non-hydrogen) atoms. The van der Waals surface area contributed by atoms with E-state index in [-0.39, 0.29) is 17.2 Å². The number of nitriles is 2. The Hall–Kier alpha value is -2.86. The SMILES string of the molecule is CC(=O)c1ccc(Cl)c(Cc2cc3c(C#N)nc(C#N)cc3n2C)c1Cl. The van der Waals surface area contributed by atoms with Gasteiger partial charge in [-0.05, 0) is 36.8 Å². The molecular formula is C19H12Cl2N4O. The minimum absolute atomic E-state index is 0.139. The highest BCUT2D eigenvalue weighted by atomic mass is 35.5. The molecule has 2 heterocycles. The second-order valence-electron chi connectivity index (χ2n) is 5.83. The van der Waals surface area contributed by atoms with Gasteiger partial charge in [0, 0.05) is 35.1 Å². The predicted octanol–water partition coefficient (Wildman–Crippen LogP) is 4.42. The zero-order valence-corrected chi connectivity index (χ0v) is 15.5. The Labute approximate surface area is 160 Å². The van der Waals surface area contributed by atoms with Crippen LogP contribution in [0.3, 0.4) is 0 Å². The molecule has 3 aromatic rings. The molecule has 0 unspecified atom stereocenters. The van der Waals surface area contributed by atoms with Gasteiger partial charge in [-0.15, -0.1) is 0 Å². The van der Waals surface area contributed by atoms with Gasteiger partial charge in [0.05, 0.1) is 10.5 Å². The summed E-state index contributed by atoms with van der Waals surface area (Å²) in [5.41, 5.74) is 2.97. The molecule has 0 saturated carbocycles. The smallest absolute Gasteiger partial charge is 0.161 e. The first-order valence-electron chi connectivity index (χ1n) is 7.64. The number of fused-ring (bicyclic) bond motifs is 1. The van der Waals surface area contributed by atoms with Crippen LogP contribution in [0.1, 0.15) is 39.9 Å². The molecule has 7 heteroatoms. The Bertz CT molecular complexity index is 1150. The first kappa shape index (κ1) is 17.9. The van der Waals surface area contributed by atoms with Crippen molar-refractivity contribution in [1.29, 1.82) is 10.5 Å². The van der Waals surface area contributed by atoms with Crippen LogP contribution in [0.5, 0.6) is 0 Å². The second kappa shape index (κ2) is 6.80. The number of carbonyl (C=O) groups excluding carboxylic acids is 1. The number of hydrogen-bond donors (Lipinski definition) is 0. The normalized spacial score (nSPS) is 10.5.